The Morgan fingerprint density at radius 3 is 2.81 bits per heavy atom. The largest absolute Gasteiger partial charge is 0.478 e. The number of carbonyl (C=O) groups is 2. The summed E-state index contributed by atoms with van der Waals surface area (Å²) in [6.45, 7) is 0.271. The van der Waals surface area contributed by atoms with E-state index in [1.807, 2.05) is 0 Å². The summed E-state index contributed by atoms with van der Waals surface area (Å²) in [6.07, 6.45) is 0.752. The van der Waals surface area contributed by atoms with E-state index in [1.54, 1.807) is 6.07 Å². The number of piperidine rings is 1. The van der Waals surface area contributed by atoms with Gasteiger partial charge in [0.05, 0.1) is 11.3 Å². The molecule has 0 radical (unpaired) electrons. The molecule has 0 saturated carbocycles. The lowest BCUT2D eigenvalue weighted by Gasteiger charge is -2.23. The number of nitrogens with one attached hydrogen (secondary N) is 2. The molecule has 114 valence electrons. The maximum absolute atomic E-state index is 12.1. The van der Waals surface area contributed by atoms with E-state index >= 15 is 0 Å². The predicted octanol–water partition coefficient (Wildman–Crippen LogP) is 0.0828. The average molecular weight is 312 g/mol. The Hall–Kier alpha value is -1.93. The van der Waals surface area contributed by atoms with Crippen molar-refractivity contribution < 1.29 is 23.1 Å². The van der Waals surface area contributed by atoms with Crippen LogP contribution in [0, 0.1) is 0 Å². The molecule has 1 aromatic carbocycles. The highest BCUT2D eigenvalue weighted by Gasteiger charge is 2.23. The van der Waals surface area contributed by atoms with Crippen molar-refractivity contribution in [2.75, 3.05) is 6.54 Å². The minimum absolute atomic E-state index is 0.0487. The van der Waals surface area contributed by atoms with Crippen LogP contribution in [-0.4, -0.2) is 38.0 Å². The molecule has 1 atom stereocenters. The zero-order valence-electron chi connectivity index (χ0n) is 11.2. The molecule has 21 heavy (non-hydrogen) atoms. The van der Waals surface area contributed by atoms with E-state index < -0.39 is 16.0 Å². The summed E-state index contributed by atoms with van der Waals surface area (Å²) in [4.78, 5) is 21.9. The highest BCUT2D eigenvalue weighted by Crippen LogP contribution is 2.11. The van der Waals surface area contributed by atoms with Crippen LogP contribution in [0.5, 0.6) is 0 Å². The Kier molecular flexibility index (Phi) is 4.59. The SMILES string of the molecule is O=C1CCC(NS(=O)(=O)Cc2cccc(C(=O)O)c2)CN1. The average Bonchev–Trinajstić information content (AvgIpc) is 2.41. The normalized spacial score (nSPS) is 19.0. The first-order valence-electron chi connectivity index (χ1n) is 6.45. The van der Waals surface area contributed by atoms with Gasteiger partial charge in [0.1, 0.15) is 0 Å². The molecule has 1 amide bonds. The lowest BCUT2D eigenvalue weighted by molar-refractivity contribution is -0.122. The van der Waals surface area contributed by atoms with Crippen molar-refractivity contribution in [2.45, 2.75) is 24.6 Å². The van der Waals surface area contributed by atoms with Crippen molar-refractivity contribution >= 4 is 21.9 Å². The molecule has 2 rings (SSSR count). The summed E-state index contributed by atoms with van der Waals surface area (Å²) < 4.78 is 26.6. The van der Waals surface area contributed by atoms with Crippen LogP contribution < -0.4 is 10.0 Å². The molecule has 0 aliphatic carbocycles. The molecule has 7 nitrogen and oxygen atoms in total. The first-order chi connectivity index (χ1) is 9.85. The minimum Gasteiger partial charge on any atom is -0.478 e. The van der Waals surface area contributed by atoms with Gasteiger partial charge in [-0.1, -0.05) is 12.1 Å². The molecule has 1 aliphatic rings. The standard InChI is InChI=1S/C13H16N2O5S/c16-12-5-4-11(7-14-12)15-21(19,20)8-9-2-1-3-10(6-9)13(17)18/h1-3,6,11,15H,4-5,7-8H2,(H,14,16)(H,17,18). The summed E-state index contributed by atoms with van der Waals surface area (Å²) in [5, 5.41) is 11.5. The van der Waals surface area contributed by atoms with Gasteiger partial charge in [-0.2, -0.15) is 0 Å². The van der Waals surface area contributed by atoms with E-state index in [-0.39, 0.29) is 29.8 Å². The van der Waals surface area contributed by atoms with Gasteiger partial charge in [0.25, 0.3) is 0 Å². The third-order valence-electron chi connectivity index (χ3n) is 3.14. The van der Waals surface area contributed by atoms with E-state index in [9.17, 15) is 18.0 Å². The van der Waals surface area contributed by atoms with Gasteiger partial charge in [-0.05, 0) is 24.1 Å². The van der Waals surface area contributed by atoms with E-state index in [4.69, 9.17) is 5.11 Å². The second-order valence-electron chi connectivity index (χ2n) is 4.92. The molecule has 1 aromatic rings. The maximum Gasteiger partial charge on any atom is 0.335 e. The van der Waals surface area contributed by atoms with E-state index in [0.29, 0.717) is 18.4 Å². The number of carbonyl (C=O) groups excluding carboxylic acids is 1. The van der Waals surface area contributed by atoms with E-state index in [0.717, 1.165) is 0 Å². The van der Waals surface area contributed by atoms with Gasteiger partial charge in [0.2, 0.25) is 15.9 Å². The van der Waals surface area contributed by atoms with Gasteiger partial charge in [-0.15, -0.1) is 0 Å². The summed E-state index contributed by atoms with van der Waals surface area (Å²) in [7, 11) is -3.59. The Morgan fingerprint density at radius 2 is 2.19 bits per heavy atom. The molecule has 3 N–H and O–H groups in total. The third kappa shape index (κ3) is 4.54. The van der Waals surface area contributed by atoms with Gasteiger partial charge < -0.3 is 10.4 Å². The molecule has 1 fully saturated rings. The highest BCUT2D eigenvalue weighted by molar-refractivity contribution is 7.88. The smallest absolute Gasteiger partial charge is 0.335 e. The molecule has 8 heteroatoms. The monoisotopic (exact) mass is 312 g/mol. The number of amides is 1. The van der Waals surface area contributed by atoms with Crippen LogP contribution in [0.3, 0.4) is 0 Å². The molecular weight excluding hydrogens is 296 g/mol. The number of benzene rings is 1. The lowest BCUT2D eigenvalue weighted by atomic mass is 10.1. The zero-order chi connectivity index (χ0) is 15.5. The molecular formula is C13H16N2O5S. The van der Waals surface area contributed by atoms with Crippen LogP contribution in [0.4, 0.5) is 0 Å². The zero-order valence-corrected chi connectivity index (χ0v) is 12.0. The molecule has 1 unspecified atom stereocenters. The molecule has 0 aromatic heterocycles. The van der Waals surface area contributed by atoms with Crippen molar-refractivity contribution in [1.82, 2.24) is 10.0 Å². The second-order valence-corrected chi connectivity index (χ2v) is 6.68. The number of rotatable bonds is 5. The van der Waals surface area contributed by atoms with Crippen molar-refractivity contribution in [3.05, 3.63) is 35.4 Å². The fraction of sp³-hybridized carbons (Fsp3) is 0.385. The van der Waals surface area contributed by atoms with Crippen LogP contribution in [0.15, 0.2) is 24.3 Å². The first kappa shape index (κ1) is 15.5. The van der Waals surface area contributed by atoms with Crippen molar-refractivity contribution in [1.29, 1.82) is 0 Å². The quantitative estimate of drug-likeness (QED) is 0.713. The fourth-order valence-electron chi connectivity index (χ4n) is 2.14. The maximum atomic E-state index is 12.1. The Balaban J connectivity index is 2.02. The summed E-state index contributed by atoms with van der Waals surface area (Å²) in [5.41, 5.74) is 0.454. The van der Waals surface area contributed by atoms with Gasteiger partial charge in [-0.25, -0.2) is 17.9 Å². The predicted molar refractivity (Wildman–Crippen MR) is 75.2 cm³/mol. The van der Waals surface area contributed by atoms with Gasteiger partial charge in [0, 0.05) is 19.0 Å². The molecule has 1 heterocycles. The molecule has 1 aliphatic heterocycles. The van der Waals surface area contributed by atoms with Crippen molar-refractivity contribution in [3.8, 4) is 0 Å². The Bertz CT molecular complexity index is 646. The first-order valence-corrected chi connectivity index (χ1v) is 8.10. The lowest BCUT2D eigenvalue weighted by Crippen LogP contribution is -2.47. The number of carboxylic acid groups (broad SMARTS) is 1. The summed E-state index contributed by atoms with van der Waals surface area (Å²) >= 11 is 0. The van der Waals surface area contributed by atoms with E-state index in [1.165, 1.54) is 18.2 Å². The molecule has 1 saturated heterocycles. The van der Waals surface area contributed by atoms with Gasteiger partial charge in [-0.3, -0.25) is 4.79 Å². The minimum atomic E-state index is -3.59. The fourth-order valence-corrected chi connectivity index (χ4v) is 3.55. The highest BCUT2D eigenvalue weighted by atomic mass is 32.2. The van der Waals surface area contributed by atoms with Gasteiger partial charge >= 0.3 is 5.97 Å². The topological polar surface area (TPSA) is 113 Å². The van der Waals surface area contributed by atoms with Crippen LogP contribution in [0.2, 0.25) is 0 Å². The number of hydrogen-bond donors (Lipinski definition) is 3. The summed E-state index contributed by atoms with van der Waals surface area (Å²) in [5.74, 6) is -1.48. The number of carboxylic acids is 1. The van der Waals surface area contributed by atoms with Crippen molar-refractivity contribution in [3.63, 3.8) is 0 Å². The Morgan fingerprint density at radius 1 is 1.43 bits per heavy atom. The third-order valence-corrected chi connectivity index (χ3v) is 4.55. The molecule has 0 bridgehead atoms. The number of hydrogen-bond acceptors (Lipinski definition) is 4. The van der Waals surface area contributed by atoms with Crippen LogP contribution in [0.25, 0.3) is 0 Å². The van der Waals surface area contributed by atoms with Crippen LogP contribution in [0.1, 0.15) is 28.8 Å². The van der Waals surface area contributed by atoms with Crippen LogP contribution in [-0.2, 0) is 20.6 Å². The Labute approximate surface area is 122 Å². The second kappa shape index (κ2) is 6.23. The summed E-state index contributed by atoms with van der Waals surface area (Å²) in [6, 6.07) is 5.49. The van der Waals surface area contributed by atoms with Crippen molar-refractivity contribution in [2.24, 2.45) is 0 Å². The van der Waals surface area contributed by atoms with Crippen LogP contribution >= 0.6 is 0 Å². The number of sulfonamides is 1. The molecule has 0 spiro atoms. The van der Waals surface area contributed by atoms with E-state index in [2.05, 4.69) is 10.0 Å². The number of aromatic carboxylic acids is 1. The van der Waals surface area contributed by atoms with Gasteiger partial charge in [0.15, 0.2) is 0 Å².